The SMILES string of the molecule is C/C=C(\CC(C)O)S(=O)(=O)c1ccccc1. The van der Waals surface area contributed by atoms with Crippen molar-refractivity contribution in [1.29, 1.82) is 0 Å². The molecule has 1 unspecified atom stereocenters. The van der Waals surface area contributed by atoms with E-state index in [-0.39, 0.29) is 16.2 Å². The number of rotatable bonds is 4. The van der Waals surface area contributed by atoms with Crippen LogP contribution in [0.1, 0.15) is 20.3 Å². The van der Waals surface area contributed by atoms with Gasteiger partial charge in [-0.25, -0.2) is 8.42 Å². The number of sulfone groups is 1. The first-order valence-electron chi connectivity index (χ1n) is 5.12. The van der Waals surface area contributed by atoms with Gasteiger partial charge in [0, 0.05) is 11.3 Å². The number of aliphatic hydroxyl groups excluding tert-OH is 1. The van der Waals surface area contributed by atoms with E-state index in [1.54, 1.807) is 44.2 Å². The molecule has 0 amide bonds. The van der Waals surface area contributed by atoms with Crippen LogP contribution >= 0.6 is 0 Å². The molecular weight excluding hydrogens is 224 g/mol. The Kier molecular flexibility index (Phi) is 4.26. The van der Waals surface area contributed by atoms with Crippen molar-refractivity contribution >= 4 is 9.84 Å². The largest absolute Gasteiger partial charge is 0.393 e. The van der Waals surface area contributed by atoms with E-state index >= 15 is 0 Å². The molecule has 3 nitrogen and oxygen atoms in total. The second kappa shape index (κ2) is 5.27. The van der Waals surface area contributed by atoms with Crippen molar-refractivity contribution in [3.05, 3.63) is 41.3 Å². The average Bonchev–Trinajstić information content (AvgIpc) is 2.26. The lowest BCUT2D eigenvalue weighted by atomic mass is 10.3. The summed E-state index contributed by atoms with van der Waals surface area (Å²) in [6.07, 6.45) is 1.02. The van der Waals surface area contributed by atoms with Crippen LogP contribution in [0.25, 0.3) is 0 Å². The van der Waals surface area contributed by atoms with Crippen LogP contribution in [-0.2, 0) is 9.84 Å². The summed E-state index contributed by atoms with van der Waals surface area (Å²) in [6, 6.07) is 8.25. The van der Waals surface area contributed by atoms with Crippen LogP contribution in [0.4, 0.5) is 0 Å². The predicted molar refractivity (Wildman–Crippen MR) is 63.7 cm³/mol. The first-order valence-corrected chi connectivity index (χ1v) is 6.60. The van der Waals surface area contributed by atoms with Gasteiger partial charge in [0.1, 0.15) is 0 Å². The Balaban J connectivity index is 3.11. The second-order valence-corrected chi connectivity index (χ2v) is 5.63. The van der Waals surface area contributed by atoms with Crippen molar-refractivity contribution in [2.24, 2.45) is 0 Å². The number of hydrogen-bond donors (Lipinski definition) is 1. The van der Waals surface area contributed by atoms with Gasteiger partial charge in [-0.2, -0.15) is 0 Å². The Hall–Kier alpha value is -1.13. The lowest BCUT2D eigenvalue weighted by molar-refractivity contribution is 0.197. The van der Waals surface area contributed by atoms with E-state index in [0.29, 0.717) is 0 Å². The van der Waals surface area contributed by atoms with Crippen molar-refractivity contribution < 1.29 is 13.5 Å². The third kappa shape index (κ3) is 2.93. The molecule has 0 radical (unpaired) electrons. The fourth-order valence-corrected chi connectivity index (χ4v) is 3.01. The van der Waals surface area contributed by atoms with E-state index in [1.165, 1.54) is 6.08 Å². The molecule has 0 fully saturated rings. The summed E-state index contributed by atoms with van der Waals surface area (Å²) in [4.78, 5) is 0.525. The van der Waals surface area contributed by atoms with Crippen LogP contribution in [0.3, 0.4) is 0 Å². The van der Waals surface area contributed by atoms with Crippen LogP contribution in [-0.4, -0.2) is 19.6 Å². The monoisotopic (exact) mass is 240 g/mol. The Bertz CT molecular complexity index is 458. The molecule has 0 aromatic heterocycles. The Morgan fingerprint density at radius 3 is 2.38 bits per heavy atom. The Morgan fingerprint density at radius 1 is 1.38 bits per heavy atom. The van der Waals surface area contributed by atoms with E-state index in [2.05, 4.69) is 0 Å². The molecule has 1 rings (SSSR count). The Labute approximate surface area is 96.4 Å². The van der Waals surface area contributed by atoms with Crippen molar-refractivity contribution in [3.63, 3.8) is 0 Å². The molecule has 0 heterocycles. The molecule has 4 heteroatoms. The van der Waals surface area contributed by atoms with E-state index in [4.69, 9.17) is 0 Å². The first kappa shape index (κ1) is 12.9. The molecule has 16 heavy (non-hydrogen) atoms. The van der Waals surface area contributed by atoms with Gasteiger partial charge >= 0.3 is 0 Å². The van der Waals surface area contributed by atoms with Crippen LogP contribution in [0.2, 0.25) is 0 Å². The molecule has 1 N–H and O–H groups in total. The van der Waals surface area contributed by atoms with Crippen LogP contribution in [0.15, 0.2) is 46.2 Å². The lowest BCUT2D eigenvalue weighted by Gasteiger charge is -2.10. The number of allylic oxidation sites excluding steroid dienone is 1. The van der Waals surface area contributed by atoms with Crippen LogP contribution < -0.4 is 0 Å². The Morgan fingerprint density at radius 2 is 1.94 bits per heavy atom. The molecule has 0 saturated heterocycles. The maximum Gasteiger partial charge on any atom is 0.202 e. The fourth-order valence-electron chi connectivity index (χ4n) is 1.42. The van der Waals surface area contributed by atoms with Crippen molar-refractivity contribution in [1.82, 2.24) is 0 Å². The molecule has 0 aliphatic carbocycles. The fraction of sp³-hybridized carbons (Fsp3) is 0.333. The summed E-state index contributed by atoms with van der Waals surface area (Å²) < 4.78 is 24.2. The van der Waals surface area contributed by atoms with E-state index in [0.717, 1.165) is 0 Å². The topological polar surface area (TPSA) is 54.4 Å². The molecule has 0 aliphatic heterocycles. The van der Waals surface area contributed by atoms with Gasteiger partial charge < -0.3 is 5.11 Å². The van der Waals surface area contributed by atoms with Gasteiger partial charge in [-0.15, -0.1) is 0 Å². The maximum absolute atomic E-state index is 12.1. The van der Waals surface area contributed by atoms with Gasteiger partial charge in [-0.3, -0.25) is 0 Å². The number of hydrogen-bond acceptors (Lipinski definition) is 3. The zero-order valence-electron chi connectivity index (χ0n) is 9.42. The van der Waals surface area contributed by atoms with Crippen LogP contribution in [0.5, 0.6) is 0 Å². The smallest absolute Gasteiger partial charge is 0.202 e. The molecule has 88 valence electrons. The zero-order valence-corrected chi connectivity index (χ0v) is 10.2. The molecule has 0 spiro atoms. The third-order valence-electron chi connectivity index (χ3n) is 2.22. The van der Waals surface area contributed by atoms with Gasteiger partial charge in [0.15, 0.2) is 0 Å². The molecule has 1 aromatic carbocycles. The normalized spacial score (nSPS) is 14.8. The van der Waals surface area contributed by atoms with E-state index < -0.39 is 15.9 Å². The number of benzene rings is 1. The zero-order chi connectivity index (χ0) is 12.2. The van der Waals surface area contributed by atoms with Crippen molar-refractivity contribution in [3.8, 4) is 0 Å². The average molecular weight is 240 g/mol. The molecule has 1 atom stereocenters. The summed E-state index contributed by atoms with van der Waals surface area (Å²) in [7, 11) is -3.45. The van der Waals surface area contributed by atoms with Gasteiger partial charge in [-0.1, -0.05) is 24.3 Å². The van der Waals surface area contributed by atoms with Gasteiger partial charge in [0.2, 0.25) is 9.84 Å². The highest BCUT2D eigenvalue weighted by atomic mass is 32.2. The van der Waals surface area contributed by atoms with Crippen molar-refractivity contribution in [2.45, 2.75) is 31.3 Å². The summed E-state index contributed by atoms with van der Waals surface area (Å²) in [5, 5.41) is 9.26. The predicted octanol–water partition coefficient (Wildman–Crippen LogP) is 2.13. The molecular formula is C12H16O3S. The minimum absolute atomic E-state index is 0.147. The quantitative estimate of drug-likeness (QED) is 0.877. The third-order valence-corrected chi connectivity index (χ3v) is 4.20. The highest BCUT2D eigenvalue weighted by Crippen LogP contribution is 2.22. The standard InChI is InChI=1S/C12H16O3S/c1-3-11(9-10(2)13)16(14,15)12-7-5-4-6-8-12/h3-8,10,13H,9H2,1-2H3/b11-3+. The summed E-state index contributed by atoms with van der Waals surface area (Å²) in [5.74, 6) is 0. The molecule has 0 bridgehead atoms. The summed E-state index contributed by atoms with van der Waals surface area (Å²) >= 11 is 0. The lowest BCUT2D eigenvalue weighted by Crippen LogP contribution is -2.10. The molecule has 1 aromatic rings. The summed E-state index contributed by atoms with van der Waals surface area (Å²) in [5.41, 5.74) is 0. The van der Waals surface area contributed by atoms with Crippen LogP contribution in [0, 0.1) is 0 Å². The summed E-state index contributed by atoms with van der Waals surface area (Å²) in [6.45, 7) is 3.24. The maximum atomic E-state index is 12.1. The van der Waals surface area contributed by atoms with Gasteiger partial charge in [0.05, 0.1) is 11.0 Å². The highest BCUT2D eigenvalue weighted by Gasteiger charge is 2.20. The second-order valence-electron chi connectivity index (χ2n) is 3.62. The van der Waals surface area contributed by atoms with E-state index in [1.807, 2.05) is 0 Å². The van der Waals surface area contributed by atoms with Gasteiger partial charge in [-0.05, 0) is 26.0 Å². The minimum Gasteiger partial charge on any atom is -0.393 e. The molecule has 0 aliphatic rings. The minimum atomic E-state index is -3.45. The first-order chi connectivity index (χ1) is 7.48. The molecule has 0 saturated carbocycles. The highest BCUT2D eigenvalue weighted by molar-refractivity contribution is 7.95. The van der Waals surface area contributed by atoms with Crippen molar-refractivity contribution in [2.75, 3.05) is 0 Å². The van der Waals surface area contributed by atoms with E-state index in [9.17, 15) is 13.5 Å². The van der Waals surface area contributed by atoms with Gasteiger partial charge in [0.25, 0.3) is 0 Å². The number of aliphatic hydroxyl groups is 1.